The molecule has 3 heterocycles. The molecule has 0 saturated heterocycles. The second-order valence-corrected chi connectivity index (χ2v) is 6.53. The third-order valence-electron chi connectivity index (χ3n) is 4.40. The van der Waals surface area contributed by atoms with Crippen LogP contribution < -0.4 is 0 Å². The fourth-order valence-corrected chi connectivity index (χ4v) is 2.73. The molecule has 3 nitrogen and oxygen atoms in total. The predicted octanol–water partition coefficient (Wildman–Crippen LogP) is 4.29. The first kappa shape index (κ1) is 16.3. The van der Waals surface area contributed by atoms with Crippen LogP contribution in [0.2, 0.25) is 0 Å². The van der Waals surface area contributed by atoms with Gasteiger partial charge in [0.2, 0.25) is 0 Å². The summed E-state index contributed by atoms with van der Waals surface area (Å²) in [5.41, 5.74) is 9.38. The topological polar surface area (TPSA) is 38.7 Å². The number of nitrogens with zero attached hydrogens (tertiary/aromatic N) is 3. The fraction of sp³-hybridized carbons (Fsp3) is 0.286. The van der Waals surface area contributed by atoms with Gasteiger partial charge < -0.3 is 0 Å². The second-order valence-electron chi connectivity index (χ2n) is 6.53. The van der Waals surface area contributed by atoms with Gasteiger partial charge >= 0.3 is 0 Å². The van der Waals surface area contributed by atoms with Crippen molar-refractivity contribution in [2.24, 2.45) is 0 Å². The molecule has 0 bridgehead atoms. The van der Waals surface area contributed by atoms with Crippen LogP contribution >= 0.6 is 0 Å². The molecule has 0 atom stereocenters. The summed E-state index contributed by atoms with van der Waals surface area (Å²) in [5.74, 6) is 0. The quantitative estimate of drug-likeness (QED) is 0.720. The Balaban J connectivity index is 1.76. The molecule has 0 aliphatic carbocycles. The smallest absolute Gasteiger partial charge is 0.0466 e. The molecule has 0 fully saturated rings. The summed E-state index contributed by atoms with van der Waals surface area (Å²) >= 11 is 0. The van der Waals surface area contributed by atoms with Crippen LogP contribution in [-0.2, 0) is 12.8 Å². The molecule has 0 aliphatic rings. The molecule has 3 rings (SSSR count). The molecule has 0 unspecified atom stereocenters. The number of pyridine rings is 3. The van der Waals surface area contributed by atoms with Crippen LogP contribution in [-0.4, -0.2) is 15.0 Å². The van der Waals surface area contributed by atoms with Crippen LogP contribution in [0.1, 0.15) is 44.9 Å². The zero-order valence-corrected chi connectivity index (χ0v) is 14.8. The Kier molecular flexibility index (Phi) is 4.70. The first-order valence-electron chi connectivity index (χ1n) is 8.29. The van der Waals surface area contributed by atoms with Crippen LogP contribution in [0.15, 0.2) is 42.9 Å². The Bertz CT molecular complexity index is 851. The largest absolute Gasteiger partial charge is 0.261 e. The van der Waals surface area contributed by atoms with Crippen LogP contribution in [0.25, 0.3) is 0 Å². The van der Waals surface area contributed by atoms with Gasteiger partial charge in [-0.05, 0) is 67.6 Å². The number of aryl methyl sites for hydroxylation is 4. The number of hydrogen-bond donors (Lipinski definition) is 0. The minimum absolute atomic E-state index is 0.770. The first-order valence-corrected chi connectivity index (χ1v) is 8.29. The van der Waals surface area contributed by atoms with Gasteiger partial charge in [0.1, 0.15) is 0 Å². The number of hydrogen-bond acceptors (Lipinski definition) is 3. The Hall–Kier alpha value is -2.55. The lowest BCUT2D eigenvalue weighted by atomic mass is 10.0. The summed E-state index contributed by atoms with van der Waals surface area (Å²) in [6.07, 6.45) is 7.51. The molecule has 3 aromatic heterocycles. The average Bonchev–Trinajstić information content (AvgIpc) is 2.56. The van der Waals surface area contributed by atoms with Crippen molar-refractivity contribution in [3.63, 3.8) is 0 Å². The van der Waals surface area contributed by atoms with Crippen molar-refractivity contribution < 1.29 is 0 Å². The molecular formula is C21H23N3. The van der Waals surface area contributed by atoms with Crippen molar-refractivity contribution in [3.05, 3.63) is 87.8 Å². The van der Waals surface area contributed by atoms with Crippen molar-refractivity contribution in [2.75, 3.05) is 0 Å². The lowest BCUT2D eigenvalue weighted by Gasteiger charge is -2.09. The lowest BCUT2D eigenvalue weighted by Crippen LogP contribution is -2.00. The molecule has 3 heteroatoms. The fourth-order valence-electron chi connectivity index (χ4n) is 2.73. The van der Waals surface area contributed by atoms with Crippen LogP contribution in [0.4, 0.5) is 0 Å². The van der Waals surface area contributed by atoms with E-state index >= 15 is 0 Å². The molecule has 0 aliphatic heterocycles. The second kappa shape index (κ2) is 6.91. The molecule has 24 heavy (non-hydrogen) atoms. The van der Waals surface area contributed by atoms with Crippen molar-refractivity contribution in [2.45, 2.75) is 40.5 Å². The Morgan fingerprint density at radius 3 is 2.17 bits per heavy atom. The van der Waals surface area contributed by atoms with Gasteiger partial charge in [0.05, 0.1) is 0 Å². The summed E-state index contributed by atoms with van der Waals surface area (Å²) < 4.78 is 0. The third-order valence-corrected chi connectivity index (χ3v) is 4.40. The van der Waals surface area contributed by atoms with Gasteiger partial charge in [0.15, 0.2) is 0 Å². The zero-order valence-electron chi connectivity index (χ0n) is 14.8. The van der Waals surface area contributed by atoms with E-state index < -0.39 is 0 Å². The van der Waals surface area contributed by atoms with Crippen molar-refractivity contribution in [1.29, 1.82) is 0 Å². The highest BCUT2D eigenvalue weighted by molar-refractivity contribution is 5.33. The van der Waals surface area contributed by atoms with Gasteiger partial charge in [-0.15, -0.1) is 0 Å². The van der Waals surface area contributed by atoms with Crippen molar-refractivity contribution in [1.82, 2.24) is 15.0 Å². The minimum atomic E-state index is 0.770. The highest BCUT2D eigenvalue weighted by Gasteiger charge is 2.06. The van der Waals surface area contributed by atoms with Crippen molar-refractivity contribution in [3.8, 4) is 0 Å². The monoisotopic (exact) mass is 317 g/mol. The van der Waals surface area contributed by atoms with Crippen LogP contribution in [0.5, 0.6) is 0 Å². The highest BCUT2D eigenvalue weighted by Crippen LogP contribution is 2.16. The van der Waals surface area contributed by atoms with E-state index in [9.17, 15) is 0 Å². The Morgan fingerprint density at radius 2 is 1.50 bits per heavy atom. The SMILES string of the molecule is Cc1ccc(Cc2cc(C)c(Cc3cnc(C)c(C)c3)cn2)nc1. The number of rotatable bonds is 4. The summed E-state index contributed by atoms with van der Waals surface area (Å²) in [7, 11) is 0. The predicted molar refractivity (Wildman–Crippen MR) is 97.3 cm³/mol. The van der Waals surface area contributed by atoms with E-state index in [0.29, 0.717) is 0 Å². The maximum Gasteiger partial charge on any atom is 0.0466 e. The van der Waals surface area contributed by atoms with E-state index in [1.54, 1.807) is 0 Å². The average molecular weight is 317 g/mol. The van der Waals surface area contributed by atoms with Crippen LogP contribution in [0, 0.1) is 27.7 Å². The maximum atomic E-state index is 4.63. The summed E-state index contributed by atoms with van der Waals surface area (Å²) in [6.45, 7) is 8.35. The molecular weight excluding hydrogens is 294 g/mol. The van der Waals surface area contributed by atoms with Gasteiger partial charge in [-0.1, -0.05) is 12.1 Å². The van der Waals surface area contributed by atoms with Gasteiger partial charge in [0, 0.05) is 48.5 Å². The molecule has 0 spiro atoms. The standard InChI is InChI=1S/C21H23N3/c1-14-5-6-20(23-11-14)10-21-8-16(3)19(13-24-21)9-18-7-15(2)17(4)22-12-18/h5-8,11-13H,9-10H2,1-4H3. The van der Waals surface area contributed by atoms with Gasteiger partial charge in [0.25, 0.3) is 0 Å². The van der Waals surface area contributed by atoms with Gasteiger partial charge in [-0.2, -0.15) is 0 Å². The summed E-state index contributed by atoms with van der Waals surface area (Å²) in [6, 6.07) is 8.55. The molecule has 0 saturated carbocycles. The van der Waals surface area contributed by atoms with E-state index in [0.717, 1.165) is 29.9 Å². The molecule has 0 radical (unpaired) electrons. The first-order chi connectivity index (χ1) is 11.5. The van der Waals surface area contributed by atoms with E-state index in [1.165, 1.54) is 27.8 Å². The highest BCUT2D eigenvalue weighted by atomic mass is 14.7. The van der Waals surface area contributed by atoms with Gasteiger partial charge in [-0.25, -0.2) is 0 Å². The number of aromatic nitrogens is 3. The van der Waals surface area contributed by atoms with Crippen LogP contribution in [0.3, 0.4) is 0 Å². The molecule has 0 aromatic carbocycles. The summed E-state index contributed by atoms with van der Waals surface area (Å²) in [5, 5.41) is 0. The van der Waals surface area contributed by atoms with E-state index in [-0.39, 0.29) is 0 Å². The molecule has 3 aromatic rings. The minimum Gasteiger partial charge on any atom is -0.261 e. The Morgan fingerprint density at radius 1 is 0.708 bits per heavy atom. The zero-order chi connectivity index (χ0) is 17.1. The van der Waals surface area contributed by atoms with Gasteiger partial charge in [-0.3, -0.25) is 15.0 Å². The Labute approximate surface area is 143 Å². The van der Waals surface area contributed by atoms with Crippen molar-refractivity contribution >= 4 is 0 Å². The maximum absolute atomic E-state index is 4.63. The molecule has 122 valence electrons. The normalized spacial score (nSPS) is 10.8. The molecule has 0 N–H and O–H groups in total. The van der Waals surface area contributed by atoms with E-state index in [1.807, 2.05) is 25.5 Å². The third kappa shape index (κ3) is 3.85. The van der Waals surface area contributed by atoms with E-state index in [4.69, 9.17) is 0 Å². The van der Waals surface area contributed by atoms with E-state index in [2.05, 4.69) is 60.0 Å². The summed E-state index contributed by atoms with van der Waals surface area (Å²) in [4.78, 5) is 13.6. The molecule has 0 amide bonds. The lowest BCUT2D eigenvalue weighted by molar-refractivity contribution is 0.979.